The normalized spacial score (nSPS) is 11.6. The van der Waals surface area contributed by atoms with E-state index in [4.69, 9.17) is 17.3 Å². The highest BCUT2D eigenvalue weighted by Crippen LogP contribution is 2.15. The van der Waals surface area contributed by atoms with Crippen LogP contribution in [0.3, 0.4) is 0 Å². The Morgan fingerprint density at radius 1 is 1.75 bits per heavy atom. The maximum absolute atomic E-state index is 10.9. The predicted octanol–water partition coefficient (Wildman–Crippen LogP) is 0.757. The summed E-state index contributed by atoms with van der Waals surface area (Å²) in [6.07, 6.45) is 3.03. The van der Waals surface area contributed by atoms with Gasteiger partial charge >= 0.3 is 0 Å². The molecule has 0 radical (unpaired) electrons. The molecule has 0 bridgehead atoms. The molecule has 0 saturated heterocycles. The van der Waals surface area contributed by atoms with E-state index in [-0.39, 0.29) is 0 Å². The molecule has 1 rings (SSSR count). The molecule has 1 aromatic rings. The lowest BCUT2D eigenvalue weighted by Crippen LogP contribution is -2.41. The Balaban J connectivity index is 3.05. The van der Waals surface area contributed by atoms with Crippen LogP contribution in [-0.4, -0.2) is 15.7 Å². The molecule has 12 heavy (non-hydrogen) atoms. The molecule has 0 atom stereocenters. The highest BCUT2D eigenvalue weighted by atomic mass is 35.5. The van der Waals surface area contributed by atoms with E-state index in [2.05, 4.69) is 5.10 Å². The second kappa shape index (κ2) is 2.79. The molecule has 0 saturated carbocycles. The Morgan fingerprint density at radius 3 is 2.67 bits per heavy atom. The van der Waals surface area contributed by atoms with Crippen molar-refractivity contribution in [3.8, 4) is 0 Å². The van der Waals surface area contributed by atoms with E-state index in [0.717, 1.165) is 0 Å². The van der Waals surface area contributed by atoms with Crippen molar-refractivity contribution in [2.24, 2.45) is 5.73 Å². The van der Waals surface area contributed by atoms with Gasteiger partial charge in [0.15, 0.2) is 0 Å². The van der Waals surface area contributed by atoms with Crippen molar-refractivity contribution in [3.05, 3.63) is 17.4 Å². The fourth-order valence-corrected chi connectivity index (χ4v) is 0.856. The summed E-state index contributed by atoms with van der Waals surface area (Å²) in [7, 11) is 0. The van der Waals surface area contributed by atoms with Crippen LogP contribution >= 0.6 is 11.6 Å². The van der Waals surface area contributed by atoms with Gasteiger partial charge in [-0.3, -0.25) is 9.48 Å². The minimum Gasteiger partial charge on any atom is -0.368 e. The molecule has 0 spiro atoms. The number of hydrogen-bond acceptors (Lipinski definition) is 2. The van der Waals surface area contributed by atoms with Crippen molar-refractivity contribution in [3.63, 3.8) is 0 Å². The van der Waals surface area contributed by atoms with E-state index in [1.807, 2.05) is 0 Å². The second-order valence-corrected chi connectivity index (χ2v) is 3.46. The average Bonchev–Trinajstić information content (AvgIpc) is 2.35. The van der Waals surface area contributed by atoms with Crippen LogP contribution in [0.1, 0.15) is 13.8 Å². The number of nitrogens with zero attached hydrogens (tertiary/aromatic N) is 2. The summed E-state index contributed by atoms with van der Waals surface area (Å²) in [5.74, 6) is -0.442. The van der Waals surface area contributed by atoms with E-state index in [9.17, 15) is 4.79 Å². The quantitative estimate of drug-likeness (QED) is 0.743. The summed E-state index contributed by atoms with van der Waals surface area (Å²) in [5, 5.41) is 4.38. The first-order chi connectivity index (χ1) is 5.44. The minimum atomic E-state index is -0.826. The van der Waals surface area contributed by atoms with E-state index >= 15 is 0 Å². The van der Waals surface area contributed by atoms with Crippen LogP contribution < -0.4 is 5.73 Å². The molecule has 0 unspecified atom stereocenters. The number of carbonyl (C=O) groups is 1. The first-order valence-electron chi connectivity index (χ1n) is 3.45. The van der Waals surface area contributed by atoms with Gasteiger partial charge in [-0.1, -0.05) is 11.6 Å². The topological polar surface area (TPSA) is 60.9 Å². The smallest absolute Gasteiger partial charge is 0.244 e. The number of amides is 1. The van der Waals surface area contributed by atoms with Gasteiger partial charge in [-0.2, -0.15) is 5.10 Å². The van der Waals surface area contributed by atoms with Crippen LogP contribution in [0, 0.1) is 0 Å². The lowest BCUT2D eigenvalue weighted by atomic mass is 10.1. The number of hydrogen-bond donors (Lipinski definition) is 1. The first-order valence-corrected chi connectivity index (χ1v) is 3.83. The zero-order chi connectivity index (χ0) is 9.35. The Labute approximate surface area is 75.3 Å². The maximum atomic E-state index is 10.9. The zero-order valence-electron chi connectivity index (χ0n) is 6.91. The van der Waals surface area contributed by atoms with Gasteiger partial charge < -0.3 is 5.73 Å². The van der Waals surface area contributed by atoms with Gasteiger partial charge in [0.2, 0.25) is 5.91 Å². The predicted molar refractivity (Wildman–Crippen MR) is 45.8 cm³/mol. The molecule has 0 aliphatic rings. The first kappa shape index (κ1) is 9.06. The SMILES string of the molecule is CC(C)(C(N)=O)n1cc(Cl)cn1. The molecule has 1 heterocycles. The molecular formula is C7H10ClN3O. The number of aromatic nitrogens is 2. The van der Waals surface area contributed by atoms with Crippen molar-refractivity contribution >= 4 is 17.5 Å². The summed E-state index contributed by atoms with van der Waals surface area (Å²) in [6, 6.07) is 0. The molecular weight excluding hydrogens is 178 g/mol. The van der Waals surface area contributed by atoms with Gasteiger partial charge in [0.05, 0.1) is 11.2 Å². The van der Waals surface area contributed by atoms with E-state index in [0.29, 0.717) is 5.02 Å². The summed E-state index contributed by atoms with van der Waals surface area (Å²) in [6.45, 7) is 3.36. The van der Waals surface area contributed by atoms with Gasteiger partial charge in [0.25, 0.3) is 0 Å². The van der Waals surface area contributed by atoms with Crippen molar-refractivity contribution in [1.82, 2.24) is 9.78 Å². The van der Waals surface area contributed by atoms with E-state index in [1.165, 1.54) is 10.9 Å². The molecule has 1 aromatic heterocycles. The molecule has 66 valence electrons. The molecule has 2 N–H and O–H groups in total. The second-order valence-electron chi connectivity index (χ2n) is 3.03. The summed E-state index contributed by atoms with van der Waals surface area (Å²) in [5.41, 5.74) is 4.34. The summed E-state index contributed by atoms with van der Waals surface area (Å²) >= 11 is 5.64. The Hall–Kier alpha value is -1.03. The Kier molecular flexibility index (Phi) is 2.10. The third-order valence-electron chi connectivity index (χ3n) is 1.73. The zero-order valence-corrected chi connectivity index (χ0v) is 7.67. The molecule has 4 nitrogen and oxygen atoms in total. The van der Waals surface area contributed by atoms with Crippen molar-refractivity contribution < 1.29 is 4.79 Å². The van der Waals surface area contributed by atoms with Crippen molar-refractivity contribution in [1.29, 1.82) is 0 Å². The summed E-state index contributed by atoms with van der Waals surface area (Å²) < 4.78 is 1.44. The standard InChI is InChI=1S/C7H10ClN3O/c1-7(2,6(9)12)11-4-5(8)3-10-11/h3-4H,1-2H3,(H2,9,12). The van der Waals surface area contributed by atoms with Gasteiger partial charge in [0, 0.05) is 6.20 Å². The molecule has 0 aliphatic heterocycles. The van der Waals surface area contributed by atoms with Crippen LogP contribution in [-0.2, 0) is 10.3 Å². The van der Waals surface area contributed by atoms with Crippen LogP contribution in [0.4, 0.5) is 0 Å². The van der Waals surface area contributed by atoms with Crippen LogP contribution in [0.25, 0.3) is 0 Å². The Bertz CT molecular complexity index is 305. The molecule has 0 fully saturated rings. The number of nitrogens with two attached hydrogens (primary N) is 1. The van der Waals surface area contributed by atoms with Crippen molar-refractivity contribution in [2.45, 2.75) is 19.4 Å². The highest BCUT2D eigenvalue weighted by Gasteiger charge is 2.27. The fourth-order valence-electron chi connectivity index (χ4n) is 0.719. The van der Waals surface area contributed by atoms with E-state index < -0.39 is 11.4 Å². The monoisotopic (exact) mass is 187 g/mol. The average molecular weight is 188 g/mol. The van der Waals surface area contributed by atoms with Crippen LogP contribution in [0.2, 0.25) is 5.02 Å². The molecule has 0 aromatic carbocycles. The number of primary amides is 1. The van der Waals surface area contributed by atoms with Crippen LogP contribution in [0.15, 0.2) is 12.4 Å². The van der Waals surface area contributed by atoms with E-state index in [1.54, 1.807) is 20.0 Å². The largest absolute Gasteiger partial charge is 0.368 e. The number of halogens is 1. The summed E-state index contributed by atoms with van der Waals surface area (Å²) in [4.78, 5) is 10.9. The van der Waals surface area contributed by atoms with Gasteiger partial charge in [-0.25, -0.2) is 0 Å². The fraction of sp³-hybridized carbons (Fsp3) is 0.429. The molecule has 5 heteroatoms. The van der Waals surface area contributed by atoms with Crippen LogP contribution in [0.5, 0.6) is 0 Å². The minimum absolute atomic E-state index is 0.442. The highest BCUT2D eigenvalue weighted by molar-refractivity contribution is 6.30. The number of carbonyl (C=O) groups excluding carboxylic acids is 1. The third-order valence-corrected chi connectivity index (χ3v) is 1.92. The molecule has 1 amide bonds. The maximum Gasteiger partial charge on any atom is 0.244 e. The lowest BCUT2D eigenvalue weighted by molar-refractivity contribution is -0.125. The van der Waals surface area contributed by atoms with Gasteiger partial charge in [-0.05, 0) is 13.8 Å². The van der Waals surface area contributed by atoms with Gasteiger partial charge in [0.1, 0.15) is 5.54 Å². The van der Waals surface area contributed by atoms with Crippen molar-refractivity contribution in [2.75, 3.05) is 0 Å². The Morgan fingerprint density at radius 2 is 2.33 bits per heavy atom. The van der Waals surface area contributed by atoms with Gasteiger partial charge in [-0.15, -0.1) is 0 Å². The third kappa shape index (κ3) is 1.43. The lowest BCUT2D eigenvalue weighted by Gasteiger charge is -2.20. The number of rotatable bonds is 2. The molecule has 0 aliphatic carbocycles.